The van der Waals surface area contributed by atoms with E-state index in [0.717, 1.165) is 11.1 Å². The zero-order valence-corrected chi connectivity index (χ0v) is 15.6. The Hall–Kier alpha value is -4.18. The number of hydrogen-bond acceptors (Lipinski definition) is 5. The van der Waals surface area contributed by atoms with Crippen LogP contribution in [0.3, 0.4) is 0 Å². The zero-order chi connectivity index (χ0) is 20.8. The van der Waals surface area contributed by atoms with Gasteiger partial charge in [0.2, 0.25) is 0 Å². The van der Waals surface area contributed by atoms with E-state index in [2.05, 4.69) is 5.32 Å². The van der Waals surface area contributed by atoms with E-state index in [0.29, 0.717) is 5.56 Å². The Labute approximate surface area is 167 Å². The van der Waals surface area contributed by atoms with E-state index in [4.69, 9.17) is 4.42 Å². The molecule has 7 nitrogen and oxygen atoms in total. The van der Waals surface area contributed by atoms with Crippen LogP contribution in [0.5, 0.6) is 0 Å². The summed E-state index contributed by atoms with van der Waals surface area (Å²) in [6, 6.07) is 19.1. The third-order valence-electron chi connectivity index (χ3n) is 4.19. The number of hydrogen-bond donors (Lipinski definition) is 1. The quantitative estimate of drug-likeness (QED) is 0.292. The number of nitro benzene ring substituents is 1. The van der Waals surface area contributed by atoms with E-state index < -0.39 is 10.8 Å². The van der Waals surface area contributed by atoms with Crippen LogP contribution >= 0.6 is 0 Å². The van der Waals surface area contributed by atoms with Gasteiger partial charge in [-0.2, -0.15) is 5.26 Å². The molecule has 1 aromatic heterocycles. The lowest BCUT2D eigenvalue weighted by Gasteiger charge is -2.04. The molecule has 0 bridgehead atoms. The fourth-order valence-corrected chi connectivity index (χ4v) is 2.74. The van der Waals surface area contributed by atoms with Gasteiger partial charge in [0, 0.05) is 18.7 Å². The van der Waals surface area contributed by atoms with Crippen LogP contribution < -0.4 is 5.32 Å². The molecule has 144 valence electrons. The molecule has 0 radical (unpaired) electrons. The first kappa shape index (κ1) is 19.6. The van der Waals surface area contributed by atoms with Crippen molar-refractivity contribution in [3.63, 3.8) is 0 Å². The summed E-state index contributed by atoms with van der Waals surface area (Å²) in [5.41, 5.74) is 1.79. The van der Waals surface area contributed by atoms with Gasteiger partial charge in [-0.1, -0.05) is 36.4 Å². The van der Waals surface area contributed by atoms with Crippen LogP contribution in [-0.2, 0) is 11.3 Å². The van der Waals surface area contributed by atoms with E-state index >= 15 is 0 Å². The molecule has 0 spiro atoms. The molecule has 0 atom stereocenters. The predicted octanol–water partition coefficient (Wildman–Crippen LogP) is 4.39. The number of nitrogens with zero attached hydrogens (tertiary/aromatic N) is 2. The van der Waals surface area contributed by atoms with Crippen LogP contribution in [0.1, 0.15) is 16.9 Å². The lowest BCUT2D eigenvalue weighted by molar-refractivity contribution is -0.384. The van der Waals surface area contributed by atoms with Crippen molar-refractivity contribution in [2.24, 2.45) is 0 Å². The van der Waals surface area contributed by atoms with Gasteiger partial charge in [0.25, 0.3) is 11.6 Å². The summed E-state index contributed by atoms with van der Waals surface area (Å²) >= 11 is 0. The lowest BCUT2D eigenvalue weighted by atomic mass is 10.1. The van der Waals surface area contributed by atoms with Crippen molar-refractivity contribution in [1.29, 1.82) is 5.26 Å². The summed E-state index contributed by atoms with van der Waals surface area (Å²) in [6.45, 7) is 2.05. The highest BCUT2D eigenvalue weighted by atomic mass is 16.6. The van der Waals surface area contributed by atoms with Gasteiger partial charge in [0.1, 0.15) is 23.2 Å². The lowest BCUT2D eigenvalue weighted by Crippen LogP contribution is -2.23. The van der Waals surface area contributed by atoms with E-state index in [9.17, 15) is 20.2 Å². The Morgan fingerprint density at radius 1 is 1.21 bits per heavy atom. The summed E-state index contributed by atoms with van der Waals surface area (Å²) in [5.74, 6) is 0.00170. The van der Waals surface area contributed by atoms with Gasteiger partial charge in [-0.15, -0.1) is 0 Å². The van der Waals surface area contributed by atoms with Gasteiger partial charge in [0.05, 0.1) is 10.5 Å². The number of carbonyl (C=O) groups excluding carboxylic acids is 1. The number of nitro groups is 1. The van der Waals surface area contributed by atoms with Gasteiger partial charge < -0.3 is 9.73 Å². The molecule has 1 amide bonds. The summed E-state index contributed by atoms with van der Waals surface area (Å²) in [4.78, 5) is 23.1. The Kier molecular flexibility index (Phi) is 5.85. The average Bonchev–Trinajstić information content (AvgIpc) is 3.19. The number of rotatable bonds is 6. The predicted molar refractivity (Wildman–Crippen MR) is 107 cm³/mol. The summed E-state index contributed by atoms with van der Waals surface area (Å²) in [7, 11) is 0. The smallest absolute Gasteiger partial charge is 0.280 e. The molecule has 0 fully saturated rings. The van der Waals surface area contributed by atoms with Crippen molar-refractivity contribution in [2.75, 3.05) is 0 Å². The minimum atomic E-state index is -0.532. The van der Waals surface area contributed by atoms with E-state index in [1.54, 1.807) is 31.2 Å². The van der Waals surface area contributed by atoms with Gasteiger partial charge >= 0.3 is 0 Å². The van der Waals surface area contributed by atoms with Crippen LogP contribution in [0, 0.1) is 28.4 Å². The third-order valence-corrected chi connectivity index (χ3v) is 4.19. The molecule has 7 heteroatoms. The van der Waals surface area contributed by atoms with Gasteiger partial charge in [0.15, 0.2) is 0 Å². The first-order valence-corrected chi connectivity index (χ1v) is 8.77. The highest BCUT2D eigenvalue weighted by Gasteiger charge is 2.18. The molecule has 0 aliphatic carbocycles. The second-order valence-corrected chi connectivity index (χ2v) is 6.32. The van der Waals surface area contributed by atoms with Crippen LogP contribution in [0.4, 0.5) is 5.69 Å². The number of nitriles is 1. The van der Waals surface area contributed by atoms with Crippen molar-refractivity contribution in [3.05, 3.63) is 93.2 Å². The molecule has 3 rings (SSSR count). The minimum Gasteiger partial charge on any atom is -0.456 e. The van der Waals surface area contributed by atoms with Crippen molar-refractivity contribution in [1.82, 2.24) is 5.32 Å². The molecule has 3 aromatic rings. The maximum Gasteiger partial charge on any atom is 0.280 e. The second kappa shape index (κ2) is 8.67. The minimum absolute atomic E-state index is 0.0732. The monoisotopic (exact) mass is 387 g/mol. The van der Waals surface area contributed by atoms with Gasteiger partial charge in [-0.05, 0) is 36.2 Å². The molecular weight excluding hydrogens is 370 g/mol. The summed E-state index contributed by atoms with van der Waals surface area (Å²) < 4.78 is 5.63. The SMILES string of the molecule is Cc1ccc(-c2ccc(C=C(C#N)C(=O)NCc3ccccc3)o2)c([N+](=O)[O-])c1. The van der Waals surface area contributed by atoms with Crippen LogP contribution in [0.25, 0.3) is 17.4 Å². The number of furan rings is 1. The standard InChI is InChI=1S/C22H17N3O4/c1-15-7-9-19(20(11-15)25(27)28)21-10-8-18(29-21)12-17(13-23)22(26)24-14-16-5-3-2-4-6-16/h2-12H,14H2,1H3,(H,24,26). The molecule has 29 heavy (non-hydrogen) atoms. The highest BCUT2D eigenvalue weighted by Crippen LogP contribution is 2.32. The van der Waals surface area contributed by atoms with E-state index in [1.807, 2.05) is 36.4 Å². The molecular formula is C22H17N3O4. The van der Waals surface area contributed by atoms with E-state index in [-0.39, 0.29) is 29.3 Å². The highest BCUT2D eigenvalue weighted by molar-refractivity contribution is 6.01. The molecule has 0 saturated heterocycles. The first-order chi connectivity index (χ1) is 14.0. The van der Waals surface area contributed by atoms with Crippen LogP contribution in [0.15, 0.2) is 70.7 Å². The maximum absolute atomic E-state index is 12.3. The molecule has 0 aliphatic heterocycles. The Morgan fingerprint density at radius 3 is 2.66 bits per heavy atom. The Morgan fingerprint density at radius 2 is 1.97 bits per heavy atom. The number of aryl methyl sites for hydroxylation is 1. The fraction of sp³-hybridized carbons (Fsp3) is 0.0909. The Bertz CT molecular complexity index is 1120. The third kappa shape index (κ3) is 4.76. The molecule has 0 aliphatic rings. The van der Waals surface area contributed by atoms with E-state index in [1.165, 1.54) is 12.1 Å². The van der Waals surface area contributed by atoms with Gasteiger partial charge in [-0.25, -0.2) is 0 Å². The van der Waals surface area contributed by atoms with Crippen molar-refractivity contribution in [3.8, 4) is 17.4 Å². The number of nitrogens with one attached hydrogen (secondary N) is 1. The Balaban J connectivity index is 1.80. The maximum atomic E-state index is 12.3. The zero-order valence-electron chi connectivity index (χ0n) is 15.6. The van der Waals surface area contributed by atoms with Crippen LogP contribution in [-0.4, -0.2) is 10.8 Å². The van der Waals surface area contributed by atoms with Crippen molar-refractivity contribution in [2.45, 2.75) is 13.5 Å². The topological polar surface area (TPSA) is 109 Å². The van der Waals surface area contributed by atoms with Crippen LogP contribution in [0.2, 0.25) is 0 Å². The summed E-state index contributed by atoms with van der Waals surface area (Å²) in [5, 5.41) is 23.3. The number of benzene rings is 2. The van der Waals surface area contributed by atoms with Crippen molar-refractivity contribution >= 4 is 17.7 Å². The first-order valence-electron chi connectivity index (χ1n) is 8.77. The molecule has 2 aromatic carbocycles. The number of amides is 1. The fourth-order valence-electron chi connectivity index (χ4n) is 2.74. The second-order valence-electron chi connectivity index (χ2n) is 6.32. The number of carbonyl (C=O) groups is 1. The average molecular weight is 387 g/mol. The molecule has 0 unspecified atom stereocenters. The molecule has 1 heterocycles. The normalized spacial score (nSPS) is 11.0. The molecule has 1 N–H and O–H groups in total. The van der Waals surface area contributed by atoms with Crippen molar-refractivity contribution < 1.29 is 14.1 Å². The van der Waals surface area contributed by atoms with Gasteiger partial charge in [-0.3, -0.25) is 14.9 Å². The largest absolute Gasteiger partial charge is 0.456 e. The molecule has 0 saturated carbocycles. The summed E-state index contributed by atoms with van der Waals surface area (Å²) in [6.07, 6.45) is 1.31.